The smallest absolute Gasteiger partial charge is 0.165 e. The highest BCUT2D eigenvalue weighted by molar-refractivity contribution is 5.23. The summed E-state index contributed by atoms with van der Waals surface area (Å²) < 4.78 is 37.5. The fourth-order valence-corrected chi connectivity index (χ4v) is 2.75. The molecule has 0 aliphatic carbocycles. The summed E-state index contributed by atoms with van der Waals surface area (Å²) in [5.41, 5.74) is 0.908. The van der Waals surface area contributed by atoms with Crippen molar-refractivity contribution in [3.8, 4) is 5.75 Å². The Labute approximate surface area is 156 Å². The Morgan fingerprint density at radius 1 is 0.963 bits per heavy atom. The van der Waals surface area contributed by atoms with Crippen molar-refractivity contribution >= 4 is 0 Å². The molecule has 1 atom stereocenters. The number of para-hydroxylation sites is 1. The van der Waals surface area contributed by atoms with E-state index in [0.29, 0.717) is 13.1 Å². The van der Waals surface area contributed by atoms with Crippen molar-refractivity contribution in [3.63, 3.8) is 0 Å². The molecule has 27 heavy (non-hydrogen) atoms. The number of ether oxygens (including phenoxy) is 1. The molecule has 2 aromatic carbocycles. The highest BCUT2D eigenvalue weighted by atomic mass is 19.1. The lowest BCUT2D eigenvalue weighted by Gasteiger charge is -2.24. The first-order chi connectivity index (χ1) is 13.1. The fraction of sp³-hybridized carbons (Fsp3) is 0.238. The Kier molecular flexibility index (Phi) is 6.57. The highest BCUT2D eigenvalue weighted by Crippen LogP contribution is 2.16. The van der Waals surface area contributed by atoms with E-state index >= 15 is 0 Å². The number of nitrogens with zero attached hydrogens (tertiary/aromatic N) is 1. The first kappa shape index (κ1) is 19.1. The third-order valence-electron chi connectivity index (χ3n) is 4.02. The number of halogens is 2. The van der Waals surface area contributed by atoms with Gasteiger partial charge in [0.1, 0.15) is 24.3 Å². The van der Waals surface area contributed by atoms with Crippen molar-refractivity contribution in [3.05, 3.63) is 89.9 Å². The summed E-state index contributed by atoms with van der Waals surface area (Å²) in [4.78, 5) is 1.96. The Balaban J connectivity index is 1.61. The zero-order valence-electron chi connectivity index (χ0n) is 14.7. The lowest BCUT2D eigenvalue weighted by atomic mass is 10.2. The predicted molar refractivity (Wildman–Crippen MR) is 97.1 cm³/mol. The number of aliphatic hydroxyl groups is 1. The Bertz CT molecular complexity index is 822. The molecule has 0 spiro atoms. The zero-order chi connectivity index (χ0) is 19.1. The van der Waals surface area contributed by atoms with Gasteiger partial charge in [-0.3, -0.25) is 4.90 Å². The molecule has 0 saturated carbocycles. The van der Waals surface area contributed by atoms with Gasteiger partial charge in [-0.2, -0.15) is 0 Å². The quantitative estimate of drug-likeness (QED) is 0.616. The molecule has 0 radical (unpaired) electrons. The summed E-state index contributed by atoms with van der Waals surface area (Å²) in [6.45, 7) is 1.21. The molecule has 0 aliphatic heterocycles. The van der Waals surface area contributed by atoms with E-state index in [4.69, 9.17) is 9.15 Å². The van der Waals surface area contributed by atoms with Gasteiger partial charge in [0.2, 0.25) is 0 Å². The van der Waals surface area contributed by atoms with Crippen LogP contribution >= 0.6 is 0 Å². The monoisotopic (exact) mass is 373 g/mol. The second kappa shape index (κ2) is 9.30. The van der Waals surface area contributed by atoms with Crippen LogP contribution in [0.15, 0.2) is 71.3 Å². The first-order valence-corrected chi connectivity index (χ1v) is 8.65. The third-order valence-corrected chi connectivity index (χ3v) is 4.02. The lowest BCUT2D eigenvalue weighted by molar-refractivity contribution is 0.0592. The minimum absolute atomic E-state index is 0.0427. The zero-order valence-corrected chi connectivity index (χ0v) is 14.7. The van der Waals surface area contributed by atoms with Gasteiger partial charge in [-0.1, -0.05) is 24.3 Å². The van der Waals surface area contributed by atoms with Crippen LogP contribution in [0.3, 0.4) is 0 Å². The molecule has 142 valence electrons. The van der Waals surface area contributed by atoms with Crippen LogP contribution in [0.4, 0.5) is 8.78 Å². The van der Waals surface area contributed by atoms with Gasteiger partial charge in [0.15, 0.2) is 11.6 Å². The number of benzene rings is 2. The van der Waals surface area contributed by atoms with Crippen LogP contribution < -0.4 is 4.74 Å². The van der Waals surface area contributed by atoms with Gasteiger partial charge >= 0.3 is 0 Å². The second-order valence-electron chi connectivity index (χ2n) is 6.27. The van der Waals surface area contributed by atoms with Crippen LogP contribution in [0.25, 0.3) is 0 Å². The predicted octanol–water partition coefficient (Wildman–Crippen LogP) is 4.00. The van der Waals surface area contributed by atoms with Crippen LogP contribution in [-0.2, 0) is 13.1 Å². The van der Waals surface area contributed by atoms with Gasteiger partial charge in [0.25, 0.3) is 0 Å². The average molecular weight is 373 g/mol. The van der Waals surface area contributed by atoms with E-state index in [1.54, 1.807) is 36.6 Å². The fourth-order valence-electron chi connectivity index (χ4n) is 2.75. The Morgan fingerprint density at radius 3 is 2.44 bits per heavy atom. The number of furan rings is 1. The molecule has 3 rings (SSSR count). The van der Waals surface area contributed by atoms with E-state index in [1.807, 2.05) is 11.0 Å². The molecule has 1 aromatic heterocycles. The van der Waals surface area contributed by atoms with Crippen molar-refractivity contribution in [2.75, 3.05) is 13.2 Å². The standard InChI is InChI=1S/C21H21F2NO3/c22-17-9-7-16(8-10-17)12-24(14-19-4-3-11-26-19)13-18(25)15-27-21-6-2-1-5-20(21)23/h1-11,18,25H,12-15H2. The molecule has 1 N–H and O–H groups in total. The Hall–Kier alpha value is -2.70. The summed E-state index contributed by atoms with van der Waals surface area (Å²) >= 11 is 0. The van der Waals surface area contributed by atoms with Gasteiger partial charge in [-0.15, -0.1) is 0 Å². The van der Waals surface area contributed by atoms with Crippen LogP contribution in [0.1, 0.15) is 11.3 Å². The molecule has 0 bridgehead atoms. The normalized spacial score (nSPS) is 12.3. The van der Waals surface area contributed by atoms with Gasteiger partial charge in [-0.05, 0) is 42.0 Å². The molecular formula is C21H21F2NO3. The molecule has 1 unspecified atom stereocenters. The lowest BCUT2D eigenvalue weighted by Crippen LogP contribution is -2.35. The maximum absolute atomic E-state index is 13.6. The van der Waals surface area contributed by atoms with E-state index in [-0.39, 0.29) is 24.7 Å². The number of rotatable bonds is 9. The molecule has 0 amide bonds. The molecule has 0 aliphatic rings. The molecule has 3 aromatic rings. The molecule has 0 saturated heterocycles. The van der Waals surface area contributed by atoms with Crippen molar-refractivity contribution in [1.82, 2.24) is 4.90 Å². The van der Waals surface area contributed by atoms with Crippen LogP contribution in [0, 0.1) is 11.6 Å². The second-order valence-corrected chi connectivity index (χ2v) is 6.27. The van der Waals surface area contributed by atoms with Gasteiger partial charge in [0.05, 0.1) is 12.8 Å². The minimum Gasteiger partial charge on any atom is -0.488 e. The number of hydrogen-bond donors (Lipinski definition) is 1. The third kappa shape index (κ3) is 5.91. The molecule has 0 fully saturated rings. The molecule has 6 heteroatoms. The average Bonchev–Trinajstić information content (AvgIpc) is 3.16. The van der Waals surface area contributed by atoms with E-state index in [0.717, 1.165) is 11.3 Å². The topological polar surface area (TPSA) is 45.8 Å². The van der Waals surface area contributed by atoms with Crippen molar-refractivity contribution in [1.29, 1.82) is 0 Å². The van der Waals surface area contributed by atoms with Crippen molar-refractivity contribution < 1.29 is 23.0 Å². The van der Waals surface area contributed by atoms with E-state index in [1.165, 1.54) is 24.3 Å². The van der Waals surface area contributed by atoms with Gasteiger partial charge < -0.3 is 14.3 Å². The maximum atomic E-state index is 13.6. The number of hydrogen-bond acceptors (Lipinski definition) is 4. The molecule has 1 heterocycles. The summed E-state index contributed by atoms with van der Waals surface area (Å²) in [6, 6.07) is 15.9. The summed E-state index contributed by atoms with van der Waals surface area (Å²) in [7, 11) is 0. The van der Waals surface area contributed by atoms with Gasteiger partial charge in [-0.25, -0.2) is 8.78 Å². The largest absolute Gasteiger partial charge is 0.488 e. The van der Waals surface area contributed by atoms with E-state index in [2.05, 4.69) is 0 Å². The summed E-state index contributed by atoms with van der Waals surface area (Å²) in [5, 5.41) is 10.3. The molecular weight excluding hydrogens is 352 g/mol. The Morgan fingerprint density at radius 2 is 1.74 bits per heavy atom. The van der Waals surface area contributed by atoms with Crippen LogP contribution in [0.2, 0.25) is 0 Å². The maximum Gasteiger partial charge on any atom is 0.165 e. The highest BCUT2D eigenvalue weighted by Gasteiger charge is 2.16. The molecule has 4 nitrogen and oxygen atoms in total. The van der Waals surface area contributed by atoms with E-state index < -0.39 is 11.9 Å². The van der Waals surface area contributed by atoms with Crippen molar-refractivity contribution in [2.45, 2.75) is 19.2 Å². The van der Waals surface area contributed by atoms with Crippen LogP contribution in [-0.4, -0.2) is 29.3 Å². The van der Waals surface area contributed by atoms with Crippen molar-refractivity contribution in [2.24, 2.45) is 0 Å². The van der Waals surface area contributed by atoms with Crippen LogP contribution in [0.5, 0.6) is 5.75 Å². The van der Waals surface area contributed by atoms with E-state index in [9.17, 15) is 13.9 Å². The summed E-state index contributed by atoms with van der Waals surface area (Å²) in [5.74, 6) is 0.0881. The van der Waals surface area contributed by atoms with Gasteiger partial charge in [0, 0.05) is 13.1 Å². The first-order valence-electron chi connectivity index (χ1n) is 8.65. The number of aliphatic hydroxyl groups excluding tert-OH is 1. The minimum atomic E-state index is -0.833. The SMILES string of the molecule is OC(COc1ccccc1F)CN(Cc1ccc(F)cc1)Cc1ccco1. The summed E-state index contributed by atoms with van der Waals surface area (Å²) in [6.07, 6.45) is 0.753.